The molecule has 5 aliphatic heterocycles. The van der Waals surface area contributed by atoms with Crippen LogP contribution in [0, 0.1) is 47.3 Å². The van der Waals surface area contributed by atoms with Crippen molar-refractivity contribution in [2.75, 3.05) is 0 Å². The Labute approximate surface area is 394 Å². The van der Waals surface area contributed by atoms with Crippen LogP contribution in [-0.2, 0) is 0 Å². The third kappa shape index (κ3) is 7.46. The van der Waals surface area contributed by atoms with Gasteiger partial charge in [0.05, 0.1) is 55.4 Å². The fourth-order valence-corrected chi connectivity index (χ4v) is 18.7. The molecule has 0 amide bonds. The van der Waals surface area contributed by atoms with Crippen LogP contribution in [0.1, 0.15) is 114 Å². The second-order valence-corrected chi connectivity index (χ2v) is 24.6. The average Bonchev–Trinajstić information content (AvgIpc) is 4.14. The number of aliphatic hydroxyl groups excluding tert-OH is 1. The third-order valence-corrected chi connectivity index (χ3v) is 22.1. The molecular weight excluding hydrogens is 860 g/mol. The average molecular weight is 927 g/mol. The lowest BCUT2D eigenvalue weighted by Crippen LogP contribution is -2.62. The van der Waals surface area contributed by atoms with Gasteiger partial charge in [0.2, 0.25) is 0 Å². The van der Waals surface area contributed by atoms with Gasteiger partial charge in [0, 0.05) is 31.3 Å². The van der Waals surface area contributed by atoms with E-state index in [1.165, 1.54) is 62.7 Å². The van der Waals surface area contributed by atoms with Crippen LogP contribution in [0.15, 0.2) is 70.1 Å². The molecule has 4 aliphatic carbocycles. The van der Waals surface area contributed by atoms with Crippen LogP contribution in [0.2, 0.25) is 0 Å². The molecule has 21 unspecified atom stereocenters. The summed E-state index contributed by atoms with van der Waals surface area (Å²) < 4.78 is 0. The largest absolute Gasteiger partial charge is 0.392 e. The molecule has 8 bridgehead atoms. The molecule has 0 radical (unpaired) electrons. The first kappa shape index (κ1) is 42.3. The van der Waals surface area contributed by atoms with Gasteiger partial charge < -0.3 is 5.11 Å². The molecule has 9 nitrogen and oxygen atoms in total. The zero-order valence-electron chi connectivity index (χ0n) is 34.9. The summed E-state index contributed by atoms with van der Waals surface area (Å²) in [7, 11) is 0. The summed E-state index contributed by atoms with van der Waals surface area (Å²) in [5.41, 5.74) is 0. The van der Waals surface area contributed by atoms with Gasteiger partial charge in [0.15, 0.2) is 17.4 Å². The predicted molar refractivity (Wildman–Crippen MR) is 258 cm³/mol. The number of thiophene rings is 4. The van der Waals surface area contributed by atoms with E-state index in [0.29, 0.717) is 59.2 Å². The molecule has 21 atom stereocenters. The molecule has 4 aromatic heterocycles. The van der Waals surface area contributed by atoms with Crippen molar-refractivity contribution in [2.45, 2.75) is 150 Å². The summed E-state index contributed by atoms with van der Waals surface area (Å²) in [6.07, 6.45) is 14.4. The molecule has 4 saturated carbocycles. The van der Waals surface area contributed by atoms with Crippen LogP contribution in [0.4, 0.5) is 0 Å². The van der Waals surface area contributed by atoms with Crippen LogP contribution in [0.3, 0.4) is 0 Å². The smallest absolute Gasteiger partial charge is 0.187 e. The molecule has 14 heteroatoms. The highest BCUT2D eigenvalue weighted by atomic mass is 32.1. The maximum absolute atomic E-state index is 12.6. The van der Waals surface area contributed by atoms with Crippen molar-refractivity contribution in [3.05, 3.63) is 89.6 Å². The maximum Gasteiger partial charge on any atom is 0.187 e. The first-order chi connectivity index (χ1) is 30.1. The van der Waals surface area contributed by atoms with Crippen molar-refractivity contribution >= 4 is 62.7 Å². The van der Waals surface area contributed by atoms with Crippen molar-refractivity contribution in [1.29, 1.82) is 0 Å². The van der Waals surface area contributed by atoms with E-state index in [9.17, 15) is 5.11 Å². The summed E-state index contributed by atoms with van der Waals surface area (Å²) in [6, 6.07) is 18.3. The molecule has 5 saturated heterocycles. The highest BCUT2D eigenvalue weighted by Gasteiger charge is 2.58. The summed E-state index contributed by atoms with van der Waals surface area (Å²) in [5.74, 6) is 5.86. The zero-order chi connectivity index (χ0) is 40.2. The van der Waals surface area contributed by atoms with Gasteiger partial charge in [0.1, 0.15) is 0 Å². The maximum atomic E-state index is 12.6. The molecule has 0 aromatic carbocycles. The minimum absolute atomic E-state index is 0. The summed E-state index contributed by atoms with van der Waals surface area (Å²) in [6.45, 7) is 0. The third-order valence-electron chi connectivity index (χ3n) is 18.0. The molecule has 332 valence electrons. The molecule has 4 aromatic rings. The molecule has 9 aliphatic rings. The quantitative estimate of drug-likeness (QED) is 0.110. The Balaban J connectivity index is 0.00000410. The van der Waals surface area contributed by atoms with E-state index in [4.69, 9.17) is 0 Å². The molecule has 62 heavy (non-hydrogen) atoms. The van der Waals surface area contributed by atoms with Gasteiger partial charge >= 0.3 is 0 Å². The van der Waals surface area contributed by atoms with E-state index in [-0.39, 0.29) is 78.5 Å². The van der Waals surface area contributed by atoms with Crippen molar-refractivity contribution in [3.63, 3.8) is 0 Å². The minimum atomic E-state index is -0.394. The van der Waals surface area contributed by atoms with Crippen LogP contribution in [-0.4, -0.2) is 77.9 Å². The van der Waals surface area contributed by atoms with Gasteiger partial charge in [-0.05, 0) is 176 Å². The molecule has 13 rings (SSSR count). The normalized spacial score (nSPS) is 47.2. The topological polar surface area (TPSA) is 116 Å². The van der Waals surface area contributed by atoms with Gasteiger partial charge in [-0.25, -0.2) is 0 Å². The van der Waals surface area contributed by atoms with Gasteiger partial charge in [-0.2, -0.15) is 0 Å². The van der Waals surface area contributed by atoms with E-state index in [1.54, 1.807) is 14.6 Å². The monoisotopic (exact) mass is 926 g/mol. The Morgan fingerprint density at radius 3 is 1.06 bits per heavy atom. The number of hydrogen-bond donors (Lipinski definition) is 9. The summed E-state index contributed by atoms with van der Waals surface area (Å²) in [4.78, 5) is 6.04. The van der Waals surface area contributed by atoms with E-state index in [2.05, 4.69) is 113 Å². The zero-order valence-corrected chi connectivity index (χ0v) is 38.2. The van der Waals surface area contributed by atoms with Gasteiger partial charge in [0.25, 0.3) is 0 Å². The minimum Gasteiger partial charge on any atom is -0.392 e. The van der Waals surface area contributed by atoms with E-state index in [1.807, 2.05) is 45.3 Å². The highest BCUT2D eigenvalue weighted by Crippen LogP contribution is 2.52. The second kappa shape index (κ2) is 17.6. The Morgan fingerprint density at radius 1 is 0.371 bits per heavy atom. The molecule has 9 fully saturated rings. The molecular formula is C48H67AlN8OS4. The van der Waals surface area contributed by atoms with Crippen LogP contribution in [0.5, 0.6) is 0 Å². The van der Waals surface area contributed by atoms with Crippen molar-refractivity contribution in [2.24, 2.45) is 47.3 Å². The van der Waals surface area contributed by atoms with E-state index >= 15 is 0 Å². The van der Waals surface area contributed by atoms with Crippen LogP contribution < -0.4 is 42.5 Å². The van der Waals surface area contributed by atoms with Crippen molar-refractivity contribution in [3.8, 4) is 0 Å². The summed E-state index contributed by atoms with van der Waals surface area (Å²) >= 11 is 7.69. The van der Waals surface area contributed by atoms with E-state index in [0.717, 1.165) is 12.8 Å². The number of fused-ring (bicyclic) bond motifs is 20. The SMILES string of the molecule is OC1C(c2cccs2)CCC2C3NC4NC(NC5NC(NC6NC(NC(N3)C12)C1CCC(c2cccs2)CC61)C1CCC(c2cccs2)CC51)C1CCC(c2cccs2)CC41.[AlH3]. The van der Waals surface area contributed by atoms with Gasteiger partial charge in [-0.15, -0.1) is 45.3 Å². The highest BCUT2D eigenvalue weighted by molar-refractivity contribution is 7.10. The fourth-order valence-electron chi connectivity index (χ4n) is 15.2. The Hall–Kier alpha value is -1.03. The van der Waals surface area contributed by atoms with Gasteiger partial charge in [-0.3, -0.25) is 42.5 Å². The van der Waals surface area contributed by atoms with Crippen molar-refractivity contribution in [1.82, 2.24) is 42.5 Å². The second-order valence-electron chi connectivity index (χ2n) is 20.6. The van der Waals surface area contributed by atoms with Crippen LogP contribution in [0.25, 0.3) is 0 Å². The summed E-state index contributed by atoms with van der Waals surface area (Å²) in [5, 5.41) is 56.1. The Kier molecular flexibility index (Phi) is 12.0. The fraction of sp³-hybridized carbons (Fsp3) is 0.667. The molecule has 0 spiro atoms. The first-order valence-electron chi connectivity index (χ1n) is 24.0. The number of hydrogen-bond acceptors (Lipinski definition) is 13. The van der Waals surface area contributed by atoms with E-state index < -0.39 is 6.10 Å². The number of nitrogens with one attached hydrogen (secondary N) is 8. The van der Waals surface area contributed by atoms with Gasteiger partial charge in [-0.1, -0.05) is 24.3 Å². The first-order valence-corrected chi connectivity index (χ1v) is 27.5. The number of aliphatic hydroxyl groups is 1. The predicted octanol–water partition coefficient (Wildman–Crippen LogP) is 6.21. The molecule has 9 heterocycles. The Morgan fingerprint density at radius 2 is 0.694 bits per heavy atom. The lowest BCUT2D eigenvalue weighted by molar-refractivity contribution is 0.00774. The lowest BCUT2D eigenvalue weighted by Gasteiger charge is -2.41. The standard InChI is InChI=1S/C48H64N8OS4.Al.3H/c57-40-30(38-8-4-20-61-38)15-16-31-39(40)48-55-43-29-14-11-26(37-7-3-19-60-37)23-34(29)46(53-43)51-41-27-12-9-24(35-5-1-17-58-35)21-32(27)45(49-41)50-42-28-13-10-25(36-6-2-18-59-36)22-33(28)47(52-42)54-44(31)56-48;;;;/h1-8,17-20,24-34,39-57H,9-16,21-23H2;;;;. The van der Waals surface area contributed by atoms with Crippen molar-refractivity contribution < 1.29 is 5.11 Å². The number of rotatable bonds is 4. The Bertz CT molecular complexity index is 2040. The molecule has 9 N–H and O–H groups in total. The van der Waals surface area contributed by atoms with Crippen LogP contribution >= 0.6 is 45.3 Å². The lowest BCUT2D eigenvalue weighted by atomic mass is 9.70.